The molecule has 0 radical (unpaired) electrons. The molecule has 0 atom stereocenters. The molecular formula is C17H19N5O3. The molecular weight excluding hydrogens is 322 g/mol. The van der Waals surface area contributed by atoms with Gasteiger partial charge in [-0.25, -0.2) is 4.68 Å². The van der Waals surface area contributed by atoms with Crippen molar-refractivity contribution in [1.29, 1.82) is 0 Å². The highest BCUT2D eigenvalue weighted by atomic mass is 16.5. The molecule has 0 fully saturated rings. The topological polar surface area (TPSA) is 84.2 Å². The summed E-state index contributed by atoms with van der Waals surface area (Å²) in [6.07, 6.45) is 5.28. The van der Waals surface area contributed by atoms with Gasteiger partial charge in [-0.05, 0) is 19.1 Å². The molecule has 0 N–H and O–H groups in total. The van der Waals surface area contributed by atoms with Crippen LogP contribution in [0.2, 0.25) is 0 Å². The van der Waals surface area contributed by atoms with Gasteiger partial charge in [-0.2, -0.15) is 0 Å². The second kappa shape index (κ2) is 7.16. The van der Waals surface area contributed by atoms with Crippen LogP contribution in [0.25, 0.3) is 11.3 Å². The van der Waals surface area contributed by atoms with Gasteiger partial charge < -0.3 is 14.2 Å². The number of rotatable bonds is 6. The van der Waals surface area contributed by atoms with Crippen molar-refractivity contribution >= 4 is 0 Å². The van der Waals surface area contributed by atoms with Gasteiger partial charge in [0.15, 0.2) is 11.5 Å². The van der Waals surface area contributed by atoms with E-state index in [2.05, 4.69) is 20.3 Å². The molecule has 0 bridgehead atoms. The minimum absolute atomic E-state index is 0.482. The molecule has 25 heavy (non-hydrogen) atoms. The molecule has 1 aromatic carbocycles. The summed E-state index contributed by atoms with van der Waals surface area (Å²) < 4.78 is 17.9. The summed E-state index contributed by atoms with van der Waals surface area (Å²) >= 11 is 0. The fourth-order valence-electron chi connectivity index (χ4n) is 2.47. The highest BCUT2D eigenvalue weighted by Crippen LogP contribution is 2.43. The average molecular weight is 341 g/mol. The lowest BCUT2D eigenvalue weighted by Crippen LogP contribution is -2.03. The maximum atomic E-state index is 5.50. The number of aryl methyl sites for hydroxylation is 1. The monoisotopic (exact) mass is 341 g/mol. The number of nitrogens with zero attached hydrogens (tertiary/aromatic N) is 5. The van der Waals surface area contributed by atoms with Gasteiger partial charge in [0.1, 0.15) is 5.69 Å². The van der Waals surface area contributed by atoms with E-state index in [0.717, 1.165) is 17.0 Å². The molecule has 2 heterocycles. The predicted molar refractivity (Wildman–Crippen MR) is 91.0 cm³/mol. The normalized spacial score (nSPS) is 10.6. The number of hydrogen-bond acceptors (Lipinski definition) is 7. The van der Waals surface area contributed by atoms with E-state index in [1.165, 1.54) is 0 Å². The Labute approximate surface area is 145 Å². The van der Waals surface area contributed by atoms with Gasteiger partial charge in [-0.1, -0.05) is 5.21 Å². The van der Waals surface area contributed by atoms with Crippen LogP contribution in [0, 0.1) is 6.92 Å². The van der Waals surface area contributed by atoms with Crippen molar-refractivity contribution in [2.45, 2.75) is 13.5 Å². The van der Waals surface area contributed by atoms with E-state index in [-0.39, 0.29) is 0 Å². The van der Waals surface area contributed by atoms with Crippen molar-refractivity contribution in [2.75, 3.05) is 21.3 Å². The van der Waals surface area contributed by atoms with Crippen LogP contribution in [0.15, 0.2) is 30.7 Å². The van der Waals surface area contributed by atoms with Crippen LogP contribution >= 0.6 is 0 Å². The number of methoxy groups -OCH3 is 3. The first-order chi connectivity index (χ1) is 12.2. The first kappa shape index (κ1) is 16.7. The van der Waals surface area contributed by atoms with Crippen LogP contribution in [0.1, 0.15) is 11.4 Å². The van der Waals surface area contributed by atoms with Crippen molar-refractivity contribution in [3.8, 4) is 28.5 Å². The van der Waals surface area contributed by atoms with Crippen molar-refractivity contribution in [3.05, 3.63) is 42.1 Å². The summed E-state index contributed by atoms with van der Waals surface area (Å²) in [5.41, 5.74) is 3.11. The summed E-state index contributed by atoms with van der Waals surface area (Å²) in [6, 6.07) is 3.67. The lowest BCUT2D eigenvalue weighted by molar-refractivity contribution is 0.325. The van der Waals surface area contributed by atoms with Gasteiger partial charge in [0.2, 0.25) is 5.75 Å². The van der Waals surface area contributed by atoms with Crippen LogP contribution in [0.3, 0.4) is 0 Å². The van der Waals surface area contributed by atoms with Crippen LogP contribution in [0.5, 0.6) is 17.2 Å². The summed E-state index contributed by atoms with van der Waals surface area (Å²) in [4.78, 5) is 8.56. The highest BCUT2D eigenvalue weighted by Gasteiger charge is 2.19. The van der Waals surface area contributed by atoms with Crippen molar-refractivity contribution < 1.29 is 14.2 Å². The number of ether oxygens (including phenoxy) is 3. The average Bonchev–Trinajstić information content (AvgIpc) is 3.10. The Balaban J connectivity index is 1.93. The first-order valence-corrected chi connectivity index (χ1v) is 7.63. The van der Waals surface area contributed by atoms with Gasteiger partial charge >= 0.3 is 0 Å². The molecule has 130 valence electrons. The maximum Gasteiger partial charge on any atom is 0.203 e. The van der Waals surface area contributed by atoms with Gasteiger partial charge in [0.05, 0.1) is 51.7 Å². The van der Waals surface area contributed by atoms with Gasteiger partial charge in [0.25, 0.3) is 0 Å². The Morgan fingerprint density at radius 2 is 1.76 bits per heavy atom. The van der Waals surface area contributed by atoms with E-state index in [1.807, 2.05) is 19.2 Å². The summed E-state index contributed by atoms with van der Waals surface area (Å²) in [6.45, 7) is 2.38. The zero-order chi connectivity index (χ0) is 17.8. The largest absolute Gasteiger partial charge is 0.493 e. The Morgan fingerprint density at radius 3 is 2.40 bits per heavy atom. The lowest BCUT2D eigenvalue weighted by Gasteiger charge is -2.14. The third kappa shape index (κ3) is 3.37. The van der Waals surface area contributed by atoms with Gasteiger partial charge in [-0.15, -0.1) is 5.10 Å². The third-order valence-electron chi connectivity index (χ3n) is 3.68. The molecule has 0 spiro atoms. The smallest absolute Gasteiger partial charge is 0.203 e. The molecule has 0 saturated carbocycles. The molecule has 0 amide bonds. The van der Waals surface area contributed by atoms with Crippen molar-refractivity contribution in [3.63, 3.8) is 0 Å². The van der Waals surface area contributed by atoms with E-state index in [4.69, 9.17) is 14.2 Å². The minimum Gasteiger partial charge on any atom is -0.493 e. The minimum atomic E-state index is 0.482. The van der Waals surface area contributed by atoms with Gasteiger partial charge in [0, 0.05) is 11.8 Å². The molecule has 0 unspecified atom stereocenters. The fraction of sp³-hybridized carbons (Fsp3) is 0.294. The van der Waals surface area contributed by atoms with Crippen LogP contribution in [-0.4, -0.2) is 46.3 Å². The second-order valence-electron chi connectivity index (χ2n) is 5.33. The molecule has 3 rings (SSSR count). The van der Waals surface area contributed by atoms with Gasteiger partial charge in [-0.3, -0.25) is 9.97 Å². The molecule has 0 aliphatic carbocycles. The van der Waals surface area contributed by atoms with Crippen LogP contribution < -0.4 is 14.2 Å². The number of aromatic nitrogens is 5. The Hall–Kier alpha value is -3.16. The van der Waals surface area contributed by atoms with Crippen molar-refractivity contribution in [1.82, 2.24) is 25.0 Å². The Bertz CT molecular complexity index is 861. The molecule has 0 saturated heterocycles. The molecule has 8 heteroatoms. The van der Waals surface area contributed by atoms with Crippen LogP contribution in [0.4, 0.5) is 0 Å². The highest BCUT2D eigenvalue weighted by molar-refractivity contribution is 5.73. The number of hydrogen-bond donors (Lipinski definition) is 0. The Morgan fingerprint density at radius 1 is 0.960 bits per heavy atom. The Kier molecular flexibility index (Phi) is 4.78. The van der Waals surface area contributed by atoms with E-state index in [9.17, 15) is 0 Å². The van der Waals surface area contributed by atoms with Crippen molar-refractivity contribution in [2.24, 2.45) is 0 Å². The molecule has 2 aromatic heterocycles. The van der Waals surface area contributed by atoms with E-state index in [1.54, 1.807) is 44.5 Å². The summed E-state index contributed by atoms with van der Waals surface area (Å²) in [7, 11) is 4.72. The standard InChI is InChI=1S/C17H19N5O3/c1-11-7-19-12(8-18-11)9-22-10-14(20-21-22)13-5-6-15(23-2)17(25-4)16(13)24-3/h5-8,10H,9H2,1-4H3. The maximum absolute atomic E-state index is 5.50. The summed E-state index contributed by atoms with van der Waals surface area (Å²) in [5, 5.41) is 8.38. The molecule has 3 aromatic rings. The number of benzene rings is 1. The SMILES string of the molecule is COc1ccc(-c2cn(Cc3cnc(C)cn3)nn2)c(OC)c1OC. The van der Waals surface area contributed by atoms with E-state index in [0.29, 0.717) is 29.5 Å². The zero-order valence-electron chi connectivity index (χ0n) is 14.6. The zero-order valence-corrected chi connectivity index (χ0v) is 14.6. The predicted octanol–water partition coefficient (Wildman–Crippen LogP) is 2.12. The van der Waals surface area contributed by atoms with E-state index >= 15 is 0 Å². The third-order valence-corrected chi connectivity index (χ3v) is 3.68. The second-order valence-corrected chi connectivity index (χ2v) is 5.33. The van der Waals surface area contributed by atoms with Crippen LogP contribution in [-0.2, 0) is 6.54 Å². The fourth-order valence-corrected chi connectivity index (χ4v) is 2.47. The summed E-state index contributed by atoms with van der Waals surface area (Å²) in [5.74, 6) is 1.65. The quantitative estimate of drug-likeness (QED) is 0.679. The molecule has 0 aliphatic rings. The lowest BCUT2D eigenvalue weighted by atomic mass is 10.1. The molecule has 8 nitrogen and oxygen atoms in total. The van der Waals surface area contributed by atoms with E-state index < -0.39 is 0 Å². The first-order valence-electron chi connectivity index (χ1n) is 7.63. The molecule has 0 aliphatic heterocycles.